The predicted octanol–water partition coefficient (Wildman–Crippen LogP) is 9.00. The summed E-state index contributed by atoms with van der Waals surface area (Å²) in [5, 5.41) is 11.9. The fourth-order valence-corrected chi connectivity index (χ4v) is 6.83. The zero-order chi connectivity index (χ0) is 29.8. The number of nitrogens with zero attached hydrogens (tertiary/aromatic N) is 2. The third kappa shape index (κ3) is 6.03. The summed E-state index contributed by atoms with van der Waals surface area (Å²) in [4.78, 5) is 8.83. The lowest BCUT2D eigenvalue weighted by atomic mass is 9.71. The average Bonchev–Trinajstić information content (AvgIpc) is 3.27. The van der Waals surface area contributed by atoms with E-state index in [1.165, 1.54) is 11.6 Å². The molecule has 1 N–H and O–H groups in total. The fourth-order valence-electron chi connectivity index (χ4n) is 5.71. The van der Waals surface area contributed by atoms with E-state index in [9.17, 15) is 18.3 Å². The van der Waals surface area contributed by atoms with Crippen molar-refractivity contribution in [3.63, 3.8) is 0 Å². The van der Waals surface area contributed by atoms with Crippen molar-refractivity contribution in [2.75, 3.05) is 0 Å². The number of pyridine rings is 2. The highest BCUT2D eigenvalue weighted by atomic mass is 28.4. The summed E-state index contributed by atoms with van der Waals surface area (Å²) in [7, 11) is -2.13. The molecule has 8 heteroatoms. The normalized spacial score (nSPS) is 20.4. The van der Waals surface area contributed by atoms with Gasteiger partial charge in [0, 0.05) is 34.6 Å². The van der Waals surface area contributed by atoms with E-state index in [0.29, 0.717) is 11.1 Å². The van der Waals surface area contributed by atoms with E-state index >= 15 is 0 Å². The molecule has 2 aliphatic carbocycles. The first-order valence-corrected chi connectivity index (χ1v) is 17.4. The van der Waals surface area contributed by atoms with Gasteiger partial charge in [0.2, 0.25) is 8.32 Å². The van der Waals surface area contributed by atoms with Crippen molar-refractivity contribution >= 4 is 8.32 Å². The van der Waals surface area contributed by atoms with Crippen molar-refractivity contribution in [1.82, 2.24) is 9.97 Å². The SMILES string of the molecule is CC(C)c1nc2c(c([C@@H]3CCC=C3O[Si](C)(C)C(C)(C)C)c1[C@@H](O)c1ccc(C(F)(F)F)nc1)CCC(C)(C)C2. The minimum atomic E-state index is -4.54. The van der Waals surface area contributed by atoms with Gasteiger partial charge >= 0.3 is 6.18 Å². The zero-order valence-corrected chi connectivity index (χ0v) is 26.5. The van der Waals surface area contributed by atoms with Crippen LogP contribution in [0.1, 0.15) is 125 Å². The van der Waals surface area contributed by atoms with Gasteiger partial charge in [0.05, 0.1) is 5.76 Å². The number of allylic oxidation sites excluding steroid dienone is 2. The van der Waals surface area contributed by atoms with Gasteiger partial charge < -0.3 is 9.53 Å². The van der Waals surface area contributed by atoms with E-state index in [1.54, 1.807) is 0 Å². The van der Waals surface area contributed by atoms with Gasteiger partial charge in [-0.3, -0.25) is 9.97 Å². The Balaban J connectivity index is 1.92. The molecule has 2 aromatic rings. The first-order chi connectivity index (χ1) is 18.3. The molecule has 0 aliphatic heterocycles. The highest BCUT2D eigenvalue weighted by molar-refractivity contribution is 6.74. The van der Waals surface area contributed by atoms with Crippen LogP contribution in [0.5, 0.6) is 0 Å². The largest absolute Gasteiger partial charge is 0.546 e. The summed E-state index contributed by atoms with van der Waals surface area (Å²) >= 11 is 0. The molecule has 40 heavy (non-hydrogen) atoms. The first kappa shape index (κ1) is 30.8. The molecule has 4 rings (SSSR count). The van der Waals surface area contributed by atoms with Crippen LogP contribution in [0, 0.1) is 5.41 Å². The van der Waals surface area contributed by atoms with Crippen molar-refractivity contribution in [1.29, 1.82) is 0 Å². The number of aromatic nitrogens is 2. The van der Waals surface area contributed by atoms with Crippen LogP contribution >= 0.6 is 0 Å². The number of alkyl halides is 3. The molecular weight excluding hydrogens is 529 g/mol. The second kappa shape index (κ2) is 10.6. The van der Waals surface area contributed by atoms with Gasteiger partial charge in [-0.2, -0.15) is 13.2 Å². The van der Waals surface area contributed by atoms with Gasteiger partial charge in [-0.1, -0.05) is 54.5 Å². The van der Waals surface area contributed by atoms with Gasteiger partial charge in [0.15, 0.2) is 0 Å². The van der Waals surface area contributed by atoms with Gasteiger partial charge in [-0.25, -0.2) is 0 Å². The maximum absolute atomic E-state index is 13.2. The van der Waals surface area contributed by atoms with Gasteiger partial charge in [-0.15, -0.1) is 0 Å². The predicted molar refractivity (Wildman–Crippen MR) is 156 cm³/mol. The molecule has 220 valence electrons. The summed E-state index contributed by atoms with van der Waals surface area (Å²) in [5.41, 5.74) is 4.33. The van der Waals surface area contributed by atoms with E-state index in [-0.39, 0.29) is 22.3 Å². The van der Waals surface area contributed by atoms with E-state index < -0.39 is 26.3 Å². The van der Waals surface area contributed by atoms with Crippen LogP contribution in [0.3, 0.4) is 0 Å². The molecule has 4 nitrogen and oxygen atoms in total. The topological polar surface area (TPSA) is 55.2 Å². The van der Waals surface area contributed by atoms with E-state index in [2.05, 4.69) is 72.6 Å². The molecule has 2 heterocycles. The van der Waals surface area contributed by atoms with Crippen LogP contribution in [0.2, 0.25) is 18.1 Å². The Bertz CT molecular complexity index is 1280. The number of fused-ring (bicyclic) bond motifs is 1. The first-order valence-electron chi connectivity index (χ1n) is 14.5. The smallest absolute Gasteiger partial charge is 0.433 e. The van der Waals surface area contributed by atoms with Crippen LogP contribution in [0.15, 0.2) is 30.2 Å². The molecule has 0 unspecified atom stereocenters. The lowest BCUT2D eigenvalue weighted by molar-refractivity contribution is -0.141. The van der Waals surface area contributed by atoms with Crippen LogP contribution in [0.4, 0.5) is 13.2 Å². The number of halogens is 3. The molecule has 2 aliphatic rings. The summed E-state index contributed by atoms with van der Waals surface area (Å²) in [6.07, 6.45) is 2.11. The number of aliphatic hydroxyl groups is 1. The van der Waals surface area contributed by atoms with Gasteiger partial charge in [0.25, 0.3) is 0 Å². The van der Waals surface area contributed by atoms with Crippen LogP contribution < -0.4 is 0 Å². The minimum Gasteiger partial charge on any atom is -0.546 e. The van der Waals surface area contributed by atoms with E-state index in [1.807, 2.05) is 0 Å². The molecule has 0 spiro atoms. The van der Waals surface area contributed by atoms with Crippen LogP contribution in [-0.2, 0) is 23.4 Å². The van der Waals surface area contributed by atoms with Crippen molar-refractivity contribution in [3.8, 4) is 0 Å². The maximum Gasteiger partial charge on any atom is 0.433 e. The molecule has 2 atom stereocenters. The fraction of sp³-hybridized carbons (Fsp3) is 0.625. The Morgan fingerprint density at radius 1 is 1.12 bits per heavy atom. The van der Waals surface area contributed by atoms with Crippen molar-refractivity contribution < 1.29 is 22.7 Å². The number of hydrogen-bond donors (Lipinski definition) is 1. The average molecular weight is 575 g/mol. The number of rotatable bonds is 6. The molecule has 0 fully saturated rings. The highest BCUT2D eigenvalue weighted by Gasteiger charge is 2.43. The molecule has 0 radical (unpaired) electrons. The molecule has 0 saturated carbocycles. The number of hydrogen-bond acceptors (Lipinski definition) is 4. The Kier molecular flexibility index (Phi) is 8.13. The van der Waals surface area contributed by atoms with E-state index in [4.69, 9.17) is 9.41 Å². The second-order valence-corrected chi connectivity index (χ2v) is 18.9. The molecule has 0 saturated heterocycles. The monoisotopic (exact) mass is 574 g/mol. The molecule has 0 amide bonds. The van der Waals surface area contributed by atoms with Crippen LogP contribution in [0.25, 0.3) is 0 Å². The van der Waals surface area contributed by atoms with Crippen molar-refractivity contribution in [2.45, 2.75) is 123 Å². The Morgan fingerprint density at radius 2 is 1.80 bits per heavy atom. The maximum atomic E-state index is 13.2. The summed E-state index contributed by atoms with van der Waals surface area (Å²) in [6, 6.07) is 2.29. The van der Waals surface area contributed by atoms with Crippen molar-refractivity contribution in [3.05, 3.63) is 69.5 Å². The number of aliphatic hydroxyl groups excluding tert-OH is 1. The Hall–Kier alpha value is -2.19. The Morgan fingerprint density at radius 3 is 2.35 bits per heavy atom. The lowest BCUT2D eigenvalue weighted by Crippen LogP contribution is -2.41. The standard InChI is InChI=1S/C32H45F3N2O2Si/c1-19(2)28-27(29(38)20-13-14-25(36-18-20)32(33,34)35)26(21-15-16-31(6,7)17-23(21)37-28)22-11-10-12-24(22)39-40(8,9)30(3,4)5/h12-14,18-19,22,29,38H,10-11,15-17H2,1-9H3/t22-,29+/m1/s1. The zero-order valence-electron chi connectivity index (χ0n) is 25.5. The summed E-state index contributed by atoms with van der Waals surface area (Å²) < 4.78 is 46.6. The molecule has 0 aromatic carbocycles. The van der Waals surface area contributed by atoms with Crippen LogP contribution in [-0.4, -0.2) is 23.4 Å². The van der Waals surface area contributed by atoms with E-state index in [0.717, 1.165) is 67.1 Å². The molecule has 2 aromatic heterocycles. The van der Waals surface area contributed by atoms with Crippen molar-refractivity contribution in [2.24, 2.45) is 5.41 Å². The van der Waals surface area contributed by atoms with Gasteiger partial charge in [0.1, 0.15) is 11.8 Å². The van der Waals surface area contributed by atoms with Gasteiger partial charge in [-0.05, 0) is 84.8 Å². The lowest BCUT2D eigenvalue weighted by Gasteiger charge is -2.40. The molecule has 0 bridgehead atoms. The molecular formula is C32H45F3N2O2Si. The summed E-state index contributed by atoms with van der Waals surface area (Å²) in [6.45, 7) is 19.8. The summed E-state index contributed by atoms with van der Waals surface area (Å²) in [5.74, 6) is 0.950. The quantitative estimate of drug-likeness (QED) is 0.350. The second-order valence-electron chi connectivity index (χ2n) is 14.2. The third-order valence-electron chi connectivity index (χ3n) is 9.08. The minimum absolute atomic E-state index is 0.0105. The Labute approximate surface area is 238 Å². The highest BCUT2D eigenvalue weighted by Crippen LogP contribution is 2.50. The third-order valence-corrected chi connectivity index (χ3v) is 13.4.